The Balaban J connectivity index is 1.97. The summed E-state index contributed by atoms with van der Waals surface area (Å²) in [7, 11) is 1.97. The van der Waals surface area contributed by atoms with E-state index in [-0.39, 0.29) is 6.04 Å². The molecule has 0 saturated carbocycles. The second kappa shape index (κ2) is 6.51. The van der Waals surface area contributed by atoms with Gasteiger partial charge in [0, 0.05) is 16.8 Å². The van der Waals surface area contributed by atoms with E-state index in [1.54, 1.807) is 16.6 Å². The monoisotopic (exact) mass is 323 g/mol. The zero-order valence-corrected chi connectivity index (χ0v) is 14.2. The smallest absolute Gasteiger partial charge is 0.0857 e. The average Bonchev–Trinajstić information content (AvgIpc) is 3.05. The first-order valence-electron chi connectivity index (χ1n) is 7.73. The number of nitrogens with zero attached hydrogens (tertiary/aromatic N) is 2. The predicted octanol–water partition coefficient (Wildman–Crippen LogP) is 4.10. The SMILES string of the molecule is CCCNC(c1cc2c(s1)CCCC2)c1c(Cl)cnn1C. The molecule has 1 aliphatic rings. The molecule has 0 fully saturated rings. The third kappa shape index (κ3) is 3.03. The van der Waals surface area contributed by atoms with Crippen molar-refractivity contribution >= 4 is 22.9 Å². The van der Waals surface area contributed by atoms with E-state index in [1.165, 1.54) is 30.6 Å². The van der Waals surface area contributed by atoms with Crippen LogP contribution in [0.25, 0.3) is 0 Å². The van der Waals surface area contributed by atoms with Crippen LogP contribution in [-0.2, 0) is 19.9 Å². The summed E-state index contributed by atoms with van der Waals surface area (Å²) in [5, 5.41) is 8.69. The average molecular weight is 324 g/mol. The summed E-state index contributed by atoms with van der Waals surface area (Å²) in [6.07, 6.45) is 7.96. The molecule has 0 amide bonds. The van der Waals surface area contributed by atoms with Gasteiger partial charge in [0.25, 0.3) is 0 Å². The van der Waals surface area contributed by atoms with Crippen LogP contribution in [0.2, 0.25) is 5.02 Å². The topological polar surface area (TPSA) is 29.9 Å². The second-order valence-electron chi connectivity index (χ2n) is 5.69. The standard InChI is InChI=1S/C16H22ClN3S/c1-3-8-18-15(16-12(17)10-19-20(16)2)14-9-11-6-4-5-7-13(11)21-14/h9-10,15,18H,3-8H2,1-2H3. The van der Waals surface area contributed by atoms with Crippen molar-refractivity contribution in [3.63, 3.8) is 0 Å². The highest BCUT2D eigenvalue weighted by Gasteiger charge is 2.24. The van der Waals surface area contributed by atoms with Crippen LogP contribution in [0.4, 0.5) is 0 Å². The van der Waals surface area contributed by atoms with Crippen LogP contribution < -0.4 is 5.32 Å². The first-order valence-corrected chi connectivity index (χ1v) is 8.92. The van der Waals surface area contributed by atoms with E-state index in [1.807, 2.05) is 23.1 Å². The molecule has 3 nitrogen and oxygen atoms in total. The van der Waals surface area contributed by atoms with Crippen LogP contribution >= 0.6 is 22.9 Å². The Morgan fingerprint density at radius 2 is 2.24 bits per heavy atom. The number of fused-ring (bicyclic) bond motifs is 1. The molecule has 0 radical (unpaired) electrons. The summed E-state index contributed by atoms with van der Waals surface area (Å²) in [6.45, 7) is 3.17. The molecule has 1 N–H and O–H groups in total. The number of nitrogens with one attached hydrogen (secondary N) is 1. The Morgan fingerprint density at radius 1 is 1.43 bits per heavy atom. The maximum Gasteiger partial charge on any atom is 0.0857 e. The van der Waals surface area contributed by atoms with Crippen molar-refractivity contribution in [1.29, 1.82) is 0 Å². The minimum atomic E-state index is 0.153. The van der Waals surface area contributed by atoms with E-state index in [0.717, 1.165) is 23.7 Å². The first kappa shape index (κ1) is 15.1. The molecular weight excluding hydrogens is 302 g/mol. The van der Waals surface area contributed by atoms with Crippen LogP contribution in [-0.4, -0.2) is 16.3 Å². The molecule has 1 aliphatic carbocycles. The summed E-state index contributed by atoms with van der Waals surface area (Å²) < 4.78 is 1.90. The number of aromatic nitrogens is 2. The van der Waals surface area contributed by atoms with Crippen molar-refractivity contribution in [2.24, 2.45) is 7.05 Å². The molecule has 5 heteroatoms. The van der Waals surface area contributed by atoms with E-state index in [9.17, 15) is 0 Å². The van der Waals surface area contributed by atoms with E-state index >= 15 is 0 Å². The van der Waals surface area contributed by atoms with Gasteiger partial charge in [-0.05, 0) is 50.3 Å². The van der Waals surface area contributed by atoms with Gasteiger partial charge in [0.1, 0.15) is 0 Å². The Hall–Kier alpha value is -0.840. The Morgan fingerprint density at radius 3 is 2.90 bits per heavy atom. The third-order valence-corrected chi connectivity index (χ3v) is 5.70. The van der Waals surface area contributed by atoms with Gasteiger partial charge < -0.3 is 5.32 Å². The Kier molecular flexibility index (Phi) is 4.67. The normalized spacial score (nSPS) is 16.0. The maximum atomic E-state index is 6.38. The van der Waals surface area contributed by atoms with Crippen LogP contribution in [0.5, 0.6) is 0 Å². The number of aryl methyl sites for hydroxylation is 3. The van der Waals surface area contributed by atoms with Crippen LogP contribution in [0.1, 0.15) is 53.2 Å². The predicted molar refractivity (Wildman–Crippen MR) is 89.3 cm³/mol. The first-order chi connectivity index (χ1) is 10.2. The van der Waals surface area contributed by atoms with Crippen LogP contribution in [0, 0.1) is 0 Å². The van der Waals surface area contributed by atoms with Gasteiger partial charge in [0.15, 0.2) is 0 Å². The maximum absolute atomic E-state index is 6.38. The molecule has 0 aromatic carbocycles. The fourth-order valence-electron chi connectivity index (χ4n) is 3.02. The zero-order valence-electron chi connectivity index (χ0n) is 12.7. The van der Waals surface area contributed by atoms with Crippen molar-refractivity contribution in [2.45, 2.75) is 45.1 Å². The minimum absolute atomic E-state index is 0.153. The van der Waals surface area contributed by atoms with E-state index < -0.39 is 0 Å². The number of rotatable bonds is 5. The Labute approximate surface area is 135 Å². The Bertz CT molecular complexity index is 574. The summed E-state index contributed by atoms with van der Waals surface area (Å²) in [4.78, 5) is 2.94. The summed E-state index contributed by atoms with van der Waals surface area (Å²) in [6, 6.07) is 2.54. The highest BCUT2D eigenvalue weighted by Crippen LogP contribution is 2.37. The quantitative estimate of drug-likeness (QED) is 0.897. The lowest BCUT2D eigenvalue weighted by molar-refractivity contribution is 0.559. The van der Waals surface area contributed by atoms with Crippen molar-refractivity contribution in [2.75, 3.05) is 6.54 Å². The van der Waals surface area contributed by atoms with Gasteiger partial charge in [-0.1, -0.05) is 18.5 Å². The number of halogens is 1. The lowest BCUT2D eigenvalue weighted by Crippen LogP contribution is -2.24. The lowest BCUT2D eigenvalue weighted by Gasteiger charge is -2.18. The summed E-state index contributed by atoms with van der Waals surface area (Å²) >= 11 is 8.32. The molecule has 2 aromatic heterocycles. The molecule has 114 valence electrons. The van der Waals surface area contributed by atoms with Crippen LogP contribution in [0.15, 0.2) is 12.3 Å². The lowest BCUT2D eigenvalue weighted by atomic mass is 9.98. The van der Waals surface area contributed by atoms with Gasteiger partial charge in [-0.2, -0.15) is 5.10 Å². The molecule has 1 unspecified atom stereocenters. The molecule has 0 aliphatic heterocycles. The fraction of sp³-hybridized carbons (Fsp3) is 0.562. The molecule has 21 heavy (non-hydrogen) atoms. The molecule has 0 bridgehead atoms. The summed E-state index contributed by atoms with van der Waals surface area (Å²) in [5.74, 6) is 0. The summed E-state index contributed by atoms with van der Waals surface area (Å²) in [5.41, 5.74) is 2.62. The highest BCUT2D eigenvalue weighted by atomic mass is 35.5. The number of thiophene rings is 1. The molecule has 3 rings (SSSR count). The zero-order chi connectivity index (χ0) is 14.8. The molecule has 0 spiro atoms. The highest BCUT2D eigenvalue weighted by molar-refractivity contribution is 7.12. The van der Waals surface area contributed by atoms with Crippen molar-refractivity contribution in [1.82, 2.24) is 15.1 Å². The third-order valence-electron chi connectivity index (χ3n) is 4.11. The largest absolute Gasteiger partial charge is 0.304 e. The van der Waals surface area contributed by atoms with Gasteiger partial charge in [0.05, 0.1) is 23.0 Å². The van der Waals surface area contributed by atoms with Crippen LogP contribution in [0.3, 0.4) is 0 Å². The molecule has 1 atom stereocenters. The molecular formula is C16H22ClN3S. The van der Waals surface area contributed by atoms with Gasteiger partial charge in [-0.25, -0.2) is 0 Å². The van der Waals surface area contributed by atoms with Gasteiger partial charge in [0.2, 0.25) is 0 Å². The van der Waals surface area contributed by atoms with E-state index in [2.05, 4.69) is 23.4 Å². The second-order valence-corrected chi connectivity index (χ2v) is 7.27. The fourth-order valence-corrected chi connectivity index (χ4v) is 4.63. The number of hydrogen-bond acceptors (Lipinski definition) is 3. The molecule has 2 aromatic rings. The van der Waals surface area contributed by atoms with Gasteiger partial charge >= 0.3 is 0 Å². The van der Waals surface area contributed by atoms with Crippen molar-refractivity contribution < 1.29 is 0 Å². The van der Waals surface area contributed by atoms with Crippen molar-refractivity contribution in [3.8, 4) is 0 Å². The van der Waals surface area contributed by atoms with Gasteiger partial charge in [-0.15, -0.1) is 11.3 Å². The van der Waals surface area contributed by atoms with Gasteiger partial charge in [-0.3, -0.25) is 4.68 Å². The minimum Gasteiger partial charge on any atom is -0.304 e. The molecule has 0 saturated heterocycles. The van der Waals surface area contributed by atoms with E-state index in [4.69, 9.17) is 11.6 Å². The van der Waals surface area contributed by atoms with Crippen molar-refractivity contribution in [3.05, 3.63) is 38.3 Å². The van der Waals surface area contributed by atoms with E-state index in [0.29, 0.717) is 0 Å². The molecule has 2 heterocycles. The number of hydrogen-bond donors (Lipinski definition) is 1.